The molecule has 2 amide bonds. The summed E-state index contributed by atoms with van der Waals surface area (Å²) in [5.74, 6) is -1.56. The molecule has 0 bridgehead atoms. The van der Waals surface area contributed by atoms with Gasteiger partial charge in [-0.2, -0.15) is 0 Å². The molecule has 1 saturated carbocycles. The third-order valence-corrected chi connectivity index (χ3v) is 3.97. The number of nitrogens with two attached hydrogens (primary N) is 1. The monoisotopic (exact) mass is 286 g/mol. The molecule has 21 heavy (non-hydrogen) atoms. The molecule has 6 nitrogen and oxygen atoms in total. The summed E-state index contributed by atoms with van der Waals surface area (Å²) in [7, 11) is 0. The van der Waals surface area contributed by atoms with E-state index >= 15 is 0 Å². The highest BCUT2D eigenvalue weighted by atomic mass is 16.2. The van der Waals surface area contributed by atoms with Gasteiger partial charge in [0.15, 0.2) is 5.78 Å². The van der Waals surface area contributed by atoms with Crippen LogP contribution in [0.1, 0.15) is 46.4 Å². The number of fused-ring (bicyclic) bond motifs is 1. The summed E-state index contributed by atoms with van der Waals surface area (Å²) >= 11 is 0. The number of amides is 2. The molecule has 0 unspecified atom stereocenters. The predicted octanol–water partition coefficient (Wildman–Crippen LogP) is 0.946. The minimum Gasteiger partial charge on any atom is -0.398 e. The van der Waals surface area contributed by atoms with Crippen molar-refractivity contribution in [2.45, 2.75) is 31.7 Å². The molecule has 2 N–H and O–H groups in total. The SMILES string of the molecule is Nc1cccc2c1C(=O)N([C@@H]1CCCC(=O)CC1=O)C2=O. The summed E-state index contributed by atoms with van der Waals surface area (Å²) < 4.78 is 0. The van der Waals surface area contributed by atoms with Gasteiger partial charge in [-0.05, 0) is 25.0 Å². The maximum atomic E-state index is 12.5. The van der Waals surface area contributed by atoms with E-state index in [0.29, 0.717) is 19.3 Å². The maximum Gasteiger partial charge on any atom is 0.264 e. The van der Waals surface area contributed by atoms with Crippen LogP contribution in [0.15, 0.2) is 18.2 Å². The Kier molecular flexibility index (Phi) is 3.08. The number of hydrogen-bond donors (Lipinski definition) is 1. The number of hydrogen-bond acceptors (Lipinski definition) is 5. The molecule has 0 radical (unpaired) electrons. The van der Waals surface area contributed by atoms with Crippen molar-refractivity contribution < 1.29 is 19.2 Å². The van der Waals surface area contributed by atoms with Crippen molar-refractivity contribution in [2.75, 3.05) is 5.73 Å². The summed E-state index contributed by atoms with van der Waals surface area (Å²) in [6.45, 7) is 0. The number of anilines is 1. The number of nitrogen functional groups attached to an aromatic ring is 1. The number of Topliss-reactive ketones (excluding diaryl/α,β-unsaturated/α-hetero) is 2. The number of rotatable bonds is 1. The van der Waals surface area contributed by atoms with Gasteiger partial charge in [-0.15, -0.1) is 0 Å². The fraction of sp³-hybridized carbons (Fsp3) is 0.333. The van der Waals surface area contributed by atoms with Crippen molar-refractivity contribution in [2.24, 2.45) is 0 Å². The van der Waals surface area contributed by atoms with Crippen molar-refractivity contribution in [1.29, 1.82) is 0 Å². The van der Waals surface area contributed by atoms with E-state index in [4.69, 9.17) is 5.73 Å². The molecule has 1 atom stereocenters. The first kappa shape index (κ1) is 13.5. The molecular weight excluding hydrogens is 272 g/mol. The van der Waals surface area contributed by atoms with Gasteiger partial charge in [0.1, 0.15) is 5.78 Å². The van der Waals surface area contributed by atoms with Crippen LogP contribution in [0.3, 0.4) is 0 Å². The molecule has 108 valence electrons. The summed E-state index contributed by atoms with van der Waals surface area (Å²) in [5.41, 5.74) is 6.38. The van der Waals surface area contributed by atoms with Crippen LogP contribution in [-0.4, -0.2) is 34.3 Å². The Morgan fingerprint density at radius 3 is 2.57 bits per heavy atom. The standard InChI is InChI=1S/C15H14N2O4/c16-10-5-2-4-9-13(10)15(21)17(14(9)20)11-6-1-3-8(18)7-12(11)19/h2,4-5,11H,1,3,6-7,16H2/t11-/m1/s1. The van der Waals surface area contributed by atoms with E-state index in [1.165, 1.54) is 6.07 Å². The molecule has 1 aliphatic carbocycles. The van der Waals surface area contributed by atoms with E-state index < -0.39 is 17.9 Å². The summed E-state index contributed by atoms with van der Waals surface area (Å²) in [6.07, 6.45) is 0.926. The van der Waals surface area contributed by atoms with E-state index in [-0.39, 0.29) is 34.8 Å². The molecule has 0 spiro atoms. The van der Waals surface area contributed by atoms with E-state index in [2.05, 4.69) is 0 Å². The average Bonchev–Trinajstić information content (AvgIpc) is 2.57. The van der Waals surface area contributed by atoms with Gasteiger partial charge in [0.2, 0.25) is 0 Å². The molecule has 1 aliphatic heterocycles. The molecule has 1 fully saturated rings. The highest BCUT2D eigenvalue weighted by Gasteiger charge is 2.44. The van der Waals surface area contributed by atoms with Crippen molar-refractivity contribution in [1.82, 2.24) is 4.90 Å². The maximum absolute atomic E-state index is 12.5. The first-order valence-electron chi connectivity index (χ1n) is 6.81. The Hall–Kier alpha value is -2.50. The highest BCUT2D eigenvalue weighted by Crippen LogP contribution is 2.31. The number of imide groups is 1. The van der Waals surface area contributed by atoms with Crippen LogP contribution in [0.2, 0.25) is 0 Å². The Morgan fingerprint density at radius 2 is 1.86 bits per heavy atom. The first-order valence-corrected chi connectivity index (χ1v) is 6.81. The zero-order valence-electron chi connectivity index (χ0n) is 11.3. The Labute approximate surface area is 120 Å². The van der Waals surface area contributed by atoms with Crippen LogP contribution in [0.4, 0.5) is 5.69 Å². The van der Waals surface area contributed by atoms with E-state index in [9.17, 15) is 19.2 Å². The van der Waals surface area contributed by atoms with Gasteiger partial charge in [0.05, 0.1) is 23.6 Å². The van der Waals surface area contributed by atoms with Gasteiger partial charge in [-0.3, -0.25) is 24.1 Å². The minimum absolute atomic E-state index is 0.140. The van der Waals surface area contributed by atoms with Crippen LogP contribution in [0.25, 0.3) is 0 Å². The van der Waals surface area contributed by atoms with Crippen molar-refractivity contribution in [3.8, 4) is 0 Å². The lowest BCUT2D eigenvalue weighted by atomic mass is 10.1. The van der Waals surface area contributed by atoms with Gasteiger partial charge in [0.25, 0.3) is 11.8 Å². The van der Waals surface area contributed by atoms with Crippen molar-refractivity contribution in [3.05, 3.63) is 29.3 Å². The normalized spacial score (nSPS) is 22.5. The van der Waals surface area contributed by atoms with Gasteiger partial charge in [-0.25, -0.2) is 0 Å². The molecule has 1 aromatic rings. The van der Waals surface area contributed by atoms with Crippen molar-refractivity contribution in [3.63, 3.8) is 0 Å². The number of carbonyl (C=O) groups excluding carboxylic acids is 4. The second kappa shape index (κ2) is 4.80. The largest absolute Gasteiger partial charge is 0.398 e. The molecule has 1 aromatic carbocycles. The number of ketones is 2. The topological polar surface area (TPSA) is 97.5 Å². The average molecular weight is 286 g/mol. The van der Waals surface area contributed by atoms with Crippen LogP contribution in [0, 0.1) is 0 Å². The van der Waals surface area contributed by atoms with Crippen molar-refractivity contribution >= 4 is 29.1 Å². The first-order chi connectivity index (χ1) is 10.0. The minimum atomic E-state index is -0.858. The Morgan fingerprint density at radius 1 is 1.10 bits per heavy atom. The van der Waals surface area contributed by atoms with Gasteiger partial charge in [-0.1, -0.05) is 6.07 Å². The summed E-state index contributed by atoms with van der Waals surface area (Å²) in [5, 5.41) is 0. The second-order valence-corrected chi connectivity index (χ2v) is 5.34. The molecule has 6 heteroatoms. The Bertz CT molecular complexity index is 680. The molecule has 1 heterocycles. The fourth-order valence-electron chi connectivity index (χ4n) is 2.94. The molecule has 0 saturated heterocycles. The molecule has 0 aromatic heterocycles. The van der Waals surface area contributed by atoms with Gasteiger partial charge >= 0.3 is 0 Å². The second-order valence-electron chi connectivity index (χ2n) is 5.34. The lowest BCUT2D eigenvalue weighted by Crippen LogP contribution is -2.44. The van der Waals surface area contributed by atoms with E-state index in [1.807, 2.05) is 0 Å². The van der Waals surface area contributed by atoms with Crippen LogP contribution < -0.4 is 5.73 Å². The lowest BCUT2D eigenvalue weighted by molar-refractivity contribution is -0.128. The summed E-state index contributed by atoms with van der Waals surface area (Å²) in [4.78, 5) is 49.4. The van der Waals surface area contributed by atoms with Crippen LogP contribution in [-0.2, 0) is 9.59 Å². The zero-order chi connectivity index (χ0) is 15.1. The predicted molar refractivity (Wildman–Crippen MR) is 73.6 cm³/mol. The molecular formula is C15H14N2O4. The van der Waals surface area contributed by atoms with Crippen LogP contribution in [0.5, 0.6) is 0 Å². The highest BCUT2D eigenvalue weighted by molar-refractivity contribution is 6.25. The van der Waals surface area contributed by atoms with Gasteiger partial charge < -0.3 is 5.73 Å². The number of nitrogens with zero attached hydrogens (tertiary/aromatic N) is 1. The number of carbonyl (C=O) groups is 4. The number of benzene rings is 1. The fourth-order valence-corrected chi connectivity index (χ4v) is 2.94. The summed E-state index contributed by atoms with van der Waals surface area (Å²) in [6, 6.07) is 3.81. The van der Waals surface area contributed by atoms with Crippen LogP contribution >= 0.6 is 0 Å². The van der Waals surface area contributed by atoms with E-state index in [0.717, 1.165) is 4.90 Å². The van der Waals surface area contributed by atoms with Gasteiger partial charge in [0, 0.05) is 12.1 Å². The third kappa shape index (κ3) is 2.03. The Balaban J connectivity index is 2.00. The molecule has 2 aliphatic rings. The molecule has 3 rings (SSSR count). The zero-order valence-corrected chi connectivity index (χ0v) is 11.3. The third-order valence-electron chi connectivity index (χ3n) is 3.97. The van der Waals surface area contributed by atoms with E-state index in [1.54, 1.807) is 12.1 Å². The lowest BCUT2D eigenvalue weighted by Gasteiger charge is -2.23. The quantitative estimate of drug-likeness (QED) is 0.359. The smallest absolute Gasteiger partial charge is 0.264 e.